The summed E-state index contributed by atoms with van der Waals surface area (Å²) in [6, 6.07) is 8.97. The monoisotopic (exact) mass is 370 g/mol. The summed E-state index contributed by atoms with van der Waals surface area (Å²) in [5.41, 5.74) is 4.80. The number of allylic oxidation sites excluding steroid dienone is 5. The van der Waals surface area contributed by atoms with Gasteiger partial charge >= 0.3 is 133 Å². The van der Waals surface area contributed by atoms with Crippen molar-refractivity contribution < 1.29 is 28.6 Å². The average molecular weight is 370 g/mol. The molecule has 0 saturated carbocycles. The Morgan fingerprint density at radius 1 is 1.14 bits per heavy atom. The predicted octanol–water partition coefficient (Wildman–Crippen LogP) is -0.461. The van der Waals surface area contributed by atoms with Gasteiger partial charge in [-0.1, -0.05) is 0 Å². The van der Waals surface area contributed by atoms with E-state index in [4.69, 9.17) is 0 Å². The Morgan fingerprint density at radius 3 is 2.73 bits per heavy atom. The van der Waals surface area contributed by atoms with E-state index in [2.05, 4.69) is 55.8 Å². The summed E-state index contributed by atoms with van der Waals surface area (Å²) in [5, 5.41) is 1.87. The molecule has 1 aromatic carbocycles. The molecule has 1 fully saturated rings. The fourth-order valence-electron chi connectivity index (χ4n) is 3.37. The van der Waals surface area contributed by atoms with Gasteiger partial charge in [-0.2, -0.15) is 0 Å². The van der Waals surface area contributed by atoms with Gasteiger partial charge in [0, 0.05) is 0 Å². The van der Waals surface area contributed by atoms with Crippen LogP contribution in [0.15, 0.2) is 51.2 Å². The number of fused-ring (bicyclic) bond motifs is 2. The molecule has 0 nitrogen and oxygen atoms in total. The molecule has 0 aromatic heterocycles. The van der Waals surface area contributed by atoms with Crippen molar-refractivity contribution >= 4 is 21.3 Å². The van der Waals surface area contributed by atoms with Crippen molar-refractivity contribution in [2.75, 3.05) is 19.5 Å². The van der Waals surface area contributed by atoms with E-state index in [0.717, 1.165) is 4.22 Å². The molecule has 2 aliphatic carbocycles. The minimum absolute atomic E-state index is 0. The summed E-state index contributed by atoms with van der Waals surface area (Å²) in [7, 11) is 0.474. The predicted molar refractivity (Wildman–Crippen MR) is 88.5 cm³/mol. The largest absolute Gasteiger partial charge is 1.00 e. The average Bonchev–Trinajstić information content (AvgIpc) is 3.10. The Labute approximate surface area is 142 Å². The molecule has 4 rings (SSSR count). The van der Waals surface area contributed by atoms with Gasteiger partial charge in [-0.25, -0.2) is 0 Å². The molecule has 1 aromatic rings. The normalized spacial score (nSPS) is 27.5. The van der Waals surface area contributed by atoms with Gasteiger partial charge in [0.25, 0.3) is 0 Å². The van der Waals surface area contributed by atoms with Crippen molar-refractivity contribution in [2.45, 2.75) is 10.6 Å². The number of benzene rings is 1. The van der Waals surface area contributed by atoms with Crippen LogP contribution < -0.4 is 9.41 Å². The summed E-state index contributed by atoms with van der Waals surface area (Å²) in [5.74, 6) is 0. The van der Waals surface area contributed by atoms with E-state index in [-0.39, 0.29) is 43.8 Å². The first-order valence-corrected chi connectivity index (χ1v) is 13.3. The first kappa shape index (κ1) is 18.2. The summed E-state index contributed by atoms with van der Waals surface area (Å²) in [6.45, 7) is 5.04. The van der Waals surface area contributed by atoms with Gasteiger partial charge in [0.2, 0.25) is 0 Å². The smallest absolute Gasteiger partial charge is 1.00 e. The van der Waals surface area contributed by atoms with Crippen LogP contribution in [0.3, 0.4) is 0 Å². The molecule has 1 saturated heterocycles. The molecule has 0 spiro atoms. The van der Waals surface area contributed by atoms with E-state index < -0.39 is 0 Å². The standard InChI is InChI=1S/C9H7.C8H11P2.2FH.Ti/c1-2-5-9-7-3-6-8(9)4-1;1-9-6-7-4-3-5-8(7)10(9)2;;;/h1-7H;4H,3,6H2,1-2H3;2*1H;/q;;;;+2/p-2. The van der Waals surface area contributed by atoms with E-state index in [1.807, 2.05) is 9.19 Å². The Kier molecular flexibility index (Phi) is 5.95. The molecule has 3 aliphatic rings. The minimum Gasteiger partial charge on any atom is -1.00 e. The number of halogens is 2. The third kappa shape index (κ3) is 2.96. The Balaban J connectivity index is 0.000000882. The second-order valence-corrected chi connectivity index (χ2v) is 15.0. The summed E-state index contributed by atoms with van der Waals surface area (Å²) in [6.07, 6.45) is 10.1. The first-order valence-electron chi connectivity index (χ1n) is 7.15. The molecule has 5 heteroatoms. The second kappa shape index (κ2) is 7.19. The van der Waals surface area contributed by atoms with Crippen LogP contribution in [0.5, 0.6) is 0 Å². The van der Waals surface area contributed by atoms with Crippen LogP contribution in [-0.4, -0.2) is 19.5 Å². The molecule has 0 N–H and O–H groups in total. The van der Waals surface area contributed by atoms with Crippen molar-refractivity contribution in [1.82, 2.24) is 0 Å². The quantitative estimate of drug-likeness (QED) is 0.489. The second-order valence-electron chi connectivity index (χ2n) is 5.71. The van der Waals surface area contributed by atoms with Crippen LogP contribution in [-0.2, 0) is 19.2 Å². The van der Waals surface area contributed by atoms with Crippen molar-refractivity contribution in [3.05, 3.63) is 62.3 Å². The van der Waals surface area contributed by atoms with Crippen LogP contribution in [0.4, 0.5) is 0 Å². The molecule has 0 radical (unpaired) electrons. The number of hydrogen-bond acceptors (Lipinski definition) is 0. The molecule has 3 unspecified atom stereocenters. The molecule has 0 amide bonds. The summed E-state index contributed by atoms with van der Waals surface area (Å²) < 4.78 is 2.63. The van der Waals surface area contributed by atoms with E-state index >= 15 is 0 Å². The maximum Gasteiger partial charge on any atom is -1.00 e. The Bertz CT molecular complexity index is 666. The van der Waals surface area contributed by atoms with E-state index in [1.165, 1.54) is 18.1 Å². The fraction of sp³-hybridized carbons (Fsp3) is 0.294. The van der Waals surface area contributed by atoms with Gasteiger partial charge < -0.3 is 9.41 Å². The third-order valence-electron chi connectivity index (χ3n) is 4.51. The van der Waals surface area contributed by atoms with Crippen molar-refractivity contribution in [3.8, 4) is 0 Å². The van der Waals surface area contributed by atoms with Gasteiger partial charge in [0.05, 0.1) is 0 Å². The Morgan fingerprint density at radius 2 is 1.91 bits per heavy atom. The molecule has 3 atom stereocenters. The molecular weight excluding hydrogens is 352 g/mol. The topological polar surface area (TPSA) is 0 Å². The summed E-state index contributed by atoms with van der Waals surface area (Å²) in [4.78, 5) is 0. The minimum atomic E-state index is -0.0388. The molecule has 114 valence electrons. The number of rotatable bonds is 2. The van der Waals surface area contributed by atoms with E-state index in [1.54, 1.807) is 11.1 Å². The summed E-state index contributed by atoms with van der Waals surface area (Å²) >= 11 is -0.0388. The van der Waals surface area contributed by atoms with E-state index in [9.17, 15) is 0 Å². The van der Waals surface area contributed by atoms with Gasteiger partial charge in [-0.15, -0.1) is 0 Å². The SMILES string of the molecule is CP1CC2=CC[C]([Ti+2][CH]3C=Cc4ccccc43)=C2P1C.[F-].[F-]. The fourth-order valence-corrected chi connectivity index (χ4v) is 12.6. The van der Waals surface area contributed by atoms with Crippen LogP contribution in [0, 0.1) is 0 Å². The van der Waals surface area contributed by atoms with Crippen LogP contribution in [0.25, 0.3) is 6.08 Å². The zero-order chi connectivity index (χ0) is 13.7. The van der Waals surface area contributed by atoms with E-state index in [0.29, 0.717) is 0 Å². The van der Waals surface area contributed by atoms with Gasteiger partial charge in [0.15, 0.2) is 0 Å². The molecule has 1 heterocycles. The van der Waals surface area contributed by atoms with Crippen molar-refractivity contribution in [3.63, 3.8) is 0 Å². The molecule has 22 heavy (non-hydrogen) atoms. The molecule has 0 bridgehead atoms. The van der Waals surface area contributed by atoms with Crippen LogP contribution >= 0.6 is 15.2 Å². The van der Waals surface area contributed by atoms with Crippen LogP contribution in [0.1, 0.15) is 21.8 Å². The first-order chi connectivity index (χ1) is 9.74. The van der Waals surface area contributed by atoms with Crippen LogP contribution in [0.2, 0.25) is 0 Å². The number of hydrogen-bond donors (Lipinski definition) is 0. The maximum absolute atomic E-state index is 2.56. The van der Waals surface area contributed by atoms with Gasteiger partial charge in [-0.05, 0) is 0 Å². The van der Waals surface area contributed by atoms with Crippen molar-refractivity contribution in [2.24, 2.45) is 0 Å². The van der Waals surface area contributed by atoms with Gasteiger partial charge in [0.1, 0.15) is 0 Å². The molecule has 1 aliphatic heterocycles. The zero-order valence-corrected chi connectivity index (χ0v) is 16.0. The van der Waals surface area contributed by atoms with Crippen molar-refractivity contribution in [1.29, 1.82) is 0 Å². The third-order valence-corrected chi connectivity index (χ3v) is 14.5. The maximum atomic E-state index is 2.56. The molecular formula is C17H18F2P2Ti. The van der Waals surface area contributed by atoms with Gasteiger partial charge in [-0.3, -0.25) is 0 Å². The zero-order valence-electron chi connectivity index (χ0n) is 12.7. The Hall–Kier alpha value is -0.126.